The van der Waals surface area contributed by atoms with Crippen molar-refractivity contribution in [3.8, 4) is 0 Å². The molecule has 2 heterocycles. The Labute approximate surface area is 117 Å². The zero-order valence-electron chi connectivity index (χ0n) is 12.1. The molecule has 1 aromatic rings. The summed E-state index contributed by atoms with van der Waals surface area (Å²) in [5, 5.41) is 0. The highest BCUT2D eigenvalue weighted by Gasteiger charge is 2.16. The minimum absolute atomic E-state index is 0.579. The van der Waals surface area contributed by atoms with Gasteiger partial charge in [-0.05, 0) is 49.9 Å². The topological polar surface area (TPSA) is 42.1 Å². The van der Waals surface area contributed by atoms with Crippen molar-refractivity contribution in [2.75, 3.05) is 13.1 Å². The molecule has 1 aromatic heterocycles. The van der Waals surface area contributed by atoms with Gasteiger partial charge in [-0.25, -0.2) is 0 Å². The van der Waals surface area contributed by atoms with Gasteiger partial charge in [0.15, 0.2) is 0 Å². The molecule has 0 amide bonds. The molecule has 0 aromatic carbocycles. The van der Waals surface area contributed by atoms with E-state index < -0.39 is 0 Å². The van der Waals surface area contributed by atoms with Crippen LogP contribution in [0.1, 0.15) is 50.3 Å². The third-order valence-electron chi connectivity index (χ3n) is 4.14. The number of nitrogens with zero attached hydrogens (tertiary/aromatic N) is 2. The van der Waals surface area contributed by atoms with Gasteiger partial charge in [-0.1, -0.05) is 25.8 Å². The maximum absolute atomic E-state index is 5.60. The molecule has 0 saturated carbocycles. The number of nitrogens with two attached hydrogens (primary N) is 1. The van der Waals surface area contributed by atoms with Crippen LogP contribution < -0.4 is 5.73 Å². The van der Waals surface area contributed by atoms with Gasteiger partial charge in [0.1, 0.15) is 0 Å². The number of aromatic nitrogens is 1. The van der Waals surface area contributed by atoms with Crippen molar-refractivity contribution in [3.63, 3.8) is 0 Å². The van der Waals surface area contributed by atoms with E-state index in [1.54, 1.807) is 0 Å². The summed E-state index contributed by atoms with van der Waals surface area (Å²) in [5.74, 6) is 0.947. The molecule has 1 aliphatic heterocycles. The van der Waals surface area contributed by atoms with Gasteiger partial charge in [-0.2, -0.15) is 0 Å². The molecule has 19 heavy (non-hydrogen) atoms. The molecular formula is C16H27N3. The van der Waals surface area contributed by atoms with Gasteiger partial charge < -0.3 is 5.73 Å². The van der Waals surface area contributed by atoms with Gasteiger partial charge in [-0.15, -0.1) is 0 Å². The van der Waals surface area contributed by atoms with E-state index in [2.05, 4.69) is 28.9 Å². The van der Waals surface area contributed by atoms with Crippen LogP contribution >= 0.6 is 0 Å². The smallest absolute Gasteiger partial charge is 0.0544 e. The first-order valence-corrected chi connectivity index (χ1v) is 7.68. The van der Waals surface area contributed by atoms with E-state index in [0.29, 0.717) is 6.54 Å². The third-order valence-corrected chi connectivity index (χ3v) is 4.14. The molecule has 2 rings (SSSR count). The van der Waals surface area contributed by atoms with Crippen LogP contribution in [0.2, 0.25) is 0 Å². The molecule has 1 atom stereocenters. The molecule has 0 radical (unpaired) electrons. The van der Waals surface area contributed by atoms with Crippen LogP contribution in [0.4, 0.5) is 0 Å². The molecule has 0 spiro atoms. The average molecular weight is 261 g/mol. The van der Waals surface area contributed by atoms with E-state index in [-0.39, 0.29) is 0 Å². The monoisotopic (exact) mass is 261 g/mol. The molecule has 1 unspecified atom stereocenters. The maximum Gasteiger partial charge on any atom is 0.0544 e. The van der Waals surface area contributed by atoms with Crippen molar-refractivity contribution in [2.24, 2.45) is 11.7 Å². The van der Waals surface area contributed by atoms with Gasteiger partial charge in [0, 0.05) is 19.3 Å². The number of hydrogen-bond acceptors (Lipinski definition) is 3. The zero-order valence-corrected chi connectivity index (χ0v) is 12.1. The zero-order chi connectivity index (χ0) is 13.5. The summed E-state index contributed by atoms with van der Waals surface area (Å²) in [4.78, 5) is 7.06. The van der Waals surface area contributed by atoms with Gasteiger partial charge in [-0.3, -0.25) is 9.88 Å². The highest BCUT2D eigenvalue weighted by atomic mass is 15.1. The van der Waals surface area contributed by atoms with E-state index >= 15 is 0 Å². The molecule has 0 aliphatic carbocycles. The Morgan fingerprint density at radius 2 is 2.21 bits per heavy atom. The Morgan fingerprint density at radius 3 is 2.89 bits per heavy atom. The minimum atomic E-state index is 0.579. The van der Waals surface area contributed by atoms with E-state index in [0.717, 1.165) is 18.0 Å². The fourth-order valence-corrected chi connectivity index (χ4v) is 2.98. The summed E-state index contributed by atoms with van der Waals surface area (Å²) < 4.78 is 0. The second-order valence-corrected chi connectivity index (χ2v) is 5.72. The lowest BCUT2D eigenvalue weighted by atomic mass is 9.96. The predicted octanol–water partition coefficient (Wildman–Crippen LogP) is 2.94. The molecule has 0 bridgehead atoms. The fraction of sp³-hybridized carbons (Fsp3) is 0.688. The first kappa shape index (κ1) is 14.5. The summed E-state index contributed by atoms with van der Waals surface area (Å²) >= 11 is 0. The van der Waals surface area contributed by atoms with Crippen LogP contribution in [0.15, 0.2) is 18.3 Å². The molecule has 1 saturated heterocycles. The lowest BCUT2D eigenvalue weighted by Gasteiger charge is -2.19. The van der Waals surface area contributed by atoms with Crippen LogP contribution in [0, 0.1) is 5.92 Å². The third kappa shape index (κ3) is 4.59. The molecule has 1 fully saturated rings. The first-order valence-electron chi connectivity index (χ1n) is 7.68. The van der Waals surface area contributed by atoms with Crippen LogP contribution in [0.5, 0.6) is 0 Å². The van der Waals surface area contributed by atoms with Crippen LogP contribution in [-0.2, 0) is 13.1 Å². The Bertz CT molecular complexity index is 361. The predicted molar refractivity (Wildman–Crippen MR) is 79.7 cm³/mol. The van der Waals surface area contributed by atoms with E-state index in [9.17, 15) is 0 Å². The van der Waals surface area contributed by atoms with E-state index in [4.69, 9.17) is 5.73 Å². The van der Waals surface area contributed by atoms with Crippen molar-refractivity contribution in [1.29, 1.82) is 0 Å². The molecule has 3 nitrogen and oxygen atoms in total. The molecule has 3 heteroatoms. The highest BCUT2D eigenvalue weighted by Crippen LogP contribution is 2.22. The van der Waals surface area contributed by atoms with Gasteiger partial charge in [0.05, 0.1) is 5.69 Å². The summed E-state index contributed by atoms with van der Waals surface area (Å²) in [6, 6.07) is 4.22. The Balaban J connectivity index is 1.84. The minimum Gasteiger partial charge on any atom is -0.326 e. The Hall–Kier alpha value is -0.930. The summed E-state index contributed by atoms with van der Waals surface area (Å²) in [6.45, 7) is 6.32. The lowest BCUT2D eigenvalue weighted by molar-refractivity contribution is 0.268. The first-order chi connectivity index (χ1) is 9.31. The lowest BCUT2D eigenvalue weighted by Crippen LogP contribution is -2.24. The van der Waals surface area contributed by atoms with Gasteiger partial charge in [0.25, 0.3) is 0 Å². The van der Waals surface area contributed by atoms with Crippen molar-refractivity contribution in [1.82, 2.24) is 9.88 Å². The number of pyridine rings is 1. The number of rotatable bonds is 5. The van der Waals surface area contributed by atoms with Crippen molar-refractivity contribution >= 4 is 0 Å². The average Bonchev–Trinajstić information content (AvgIpc) is 2.66. The quantitative estimate of drug-likeness (QED) is 0.886. The Kier molecular flexibility index (Phi) is 5.80. The van der Waals surface area contributed by atoms with Crippen molar-refractivity contribution < 1.29 is 0 Å². The second kappa shape index (κ2) is 7.61. The van der Waals surface area contributed by atoms with Crippen LogP contribution in [0.25, 0.3) is 0 Å². The molecule has 1 aliphatic rings. The number of hydrogen-bond donors (Lipinski definition) is 1. The van der Waals surface area contributed by atoms with E-state index in [1.807, 2.05) is 6.20 Å². The normalized spacial score (nSPS) is 21.3. The van der Waals surface area contributed by atoms with Gasteiger partial charge >= 0.3 is 0 Å². The standard InChI is InChI=1S/C16H27N3/c1-2-4-14-5-3-9-19(10-8-14)13-16-7-6-15(11-17)12-18-16/h6-7,12,14H,2-5,8-11,13,17H2,1H3. The fourth-order valence-electron chi connectivity index (χ4n) is 2.98. The van der Waals surface area contributed by atoms with Crippen molar-refractivity contribution in [2.45, 2.75) is 52.1 Å². The molecular weight excluding hydrogens is 234 g/mol. The molecule has 106 valence electrons. The Morgan fingerprint density at radius 1 is 1.32 bits per heavy atom. The molecule has 2 N–H and O–H groups in total. The second-order valence-electron chi connectivity index (χ2n) is 5.72. The highest BCUT2D eigenvalue weighted by molar-refractivity contribution is 5.13. The van der Waals surface area contributed by atoms with Gasteiger partial charge in [0.2, 0.25) is 0 Å². The summed E-state index contributed by atoms with van der Waals surface area (Å²) in [7, 11) is 0. The summed E-state index contributed by atoms with van der Waals surface area (Å²) in [6.07, 6.45) is 8.74. The number of likely N-dealkylation sites (tertiary alicyclic amines) is 1. The maximum atomic E-state index is 5.60. The van der Waals surface area contributed by atoms with Crippen LogP contribution in [-0.4, -0.2) is 23.0 Å². The summed E-state index contributed by atoms with van der Waals surface area (Å²) in [5.41, 5.74) is 7.88. The SMILES string of the molecule is CCCC1CCCN(Cc2ccc(CN)cn2)CC1. The van der Waals surface area contributed by atoms with Crippen LogP contribution in [0.3, 0.4) is 0 Å². The van der Waals surface area contributed by atoms with Crippen molar-refractivity contribution in [3.05, 3.63) is 29.6 Å². The van der Waals surface area contributed by atoms with E-state index in [1.165, 1.54) is 50.9 Å². The largest absolute Gasteiger partial charge is 0.326 e.